The molecule has 0 saturated heterocycles. The summed E-state index contributed by atoms with van der Waals surface area (Å²) >= 11 is 0. The normalized spacial score (nSPS) is 23.2. The predicted octanol–water partition coefficient (Wildman–Crippen LogP) is 2.06. The van der Waals surface area contributed by atoms with Gasteiger partial charge in [0.15, 0.2) is 0 Å². The topological polar surface area (TPSA) is 49.4 Å². The molecular formula is C16H32N2O2S. The van der Waals surface area contributed by atoms with Crippen LogP contribution >= 0.6 is 0 Å². The zero-order chi connectivity index (χ0) is 15.3. The molecule has 0 spiro atoms. The van der Waals surface area contributed by atoms with E-state index in [1.54, 1.807) is 0 Å². The lowest BCUT2D eigenvalue weighted by Crippen LogP contribution is -2.44. The summed E-state index contributed by atoms with van der Waals surface area (Å²) in [6, 6.07) is 0.756. The lowest BCUT2D eigenvalue weighted by molar-refractivity contribution is 0.150. The van der Waals surface area contributed by atoms with Gasteiger partial charge in [-0.15, -0.1) is 0 Å². The molecule has 2 aliphatic carbocycles. The first-order valence-corrected chi connectivity index (χ1v) is 10.5. The molecule has 2 aliphatic rings. The summed E-state index contributed by atoms with van der Waals surface area (Å²) in [5.74, 6) is 0.273. The fourth-order valence-corrected chi connectivity index (χ4v) is 4.13. The van der Waals surface area contributed by atoms with Crippen LogP contribution in [-0.4, -0.2) is 58.1 Å². The van der Waals surface area contributed by atoms with Crippen molar-refractivity contribution < 1.29 is 8.42 Å². The third kappa shape index (κ3) is 6.66. The summed E-state index contributed by atoms with van der Waals surface area (Å²) in [7, 11) is -0.782. The molecule has 0 radical (unpaired) electrons. The van der Waals surface area contributed by atoms with E-state index in [4.69, 9.17) is 0 Å². The first kappa shape index (κ1) is 17.2. The predicted molar refractivity (Wildman–Crippen MR) is 88.4 cm³/mol. The molecular weight excluding hydrogens is 284 g/mol. The summed E-state index contributed by atoms with van der Waals surface area (Å²) in [5, 5.41) is 3.73. The van der Waals surface area contributed by atoms with E-state index in [0.717, 1.165) is 19.1 Å². The fraction of sp³-hybridized carbons (Fsp3) is 1.00. The molecule has 1 N–H and O–H groups in total. The van der Waals surface area contributed by atoms with Crippen molar-refractivity contribution in [3.05, 3.63) is 0 Å². The van der Waals surface area contributed by atoms with Crippen molar-refractivity contribution >= 4 is 9.84 Å². The van der Waals surface area contributed by atoms with Gasteiger partial charge in [0.1, 0.15) is 9.84 Å². The molecule has 21 heavy (non-hydrogen) atoms. The average molecular weight is 317 g/mol. The molecule has 0 aromatic heterocycles. The van der Waals surface area contributed by atoms with Crippen LogP contribution in [0.3, 0.4) is 0 Å². The van der Waals surface area contributed by atoms with E-state index in [0.29, 0.717) is 12.0 Å². The number of hydrogen-bond donors (Lipinski definition) is 1. The first-order chi connectivity index (χ1) is 9.89. The molecule has 5 heteroatoms. The summed E-state index contributed by atoms with van der Waals surface area (Å²) < 4.78 is 22.7. The smallest absolute Gasteiger partial charge is 0.148 e. The van der Waals surface area contributed by atoms with Crippen LogP contribution in [-0.2, 0) is 9.84 Å². The third-order valence-corrected chi connectivity index (χ3v) is 5.88. The van der Waals surface area contributed by atoms with E-state index in [1.807, 2.05) is 0 Å². The average Bonchev–Trinajstić information content (AvgIpc) is 3.21. The van der Waals surface area contributed by atoms with Crippen LogP contribution in [0.15, 0.2) is 0 Å². The summed E-state index contributed by atoms with van der Waals surface area (Å²) in [4.78, 5) is 2.24. The van der Waals surface area contributed by atoms with Crippen molar-refractivity contribution in [3.63, 3.8) is 0 Å². The van der Waals surface area contributed by atoms with Gasteiger partial charge in [0.05, 0.1) is 5.75 Å². The second-order valence-electron chi connectivity index (χ2n) is 7.44. The van der Waals surface area contributed by atoms with E-state index in [1.165, 1.54) is 57.6 Å². The zero-order valence-corrected chi connectivity index (χ0v) is 14.6. The van der Waals surface area contributed by atoms with Crippen molar-refractivity contribution in [1.82, 2.24) is 10.2 Å². The lowest BCUT2D eigenvalue weighted by Gasteiger charge is -2.37. The highest BCUT2D eigenvalue weighted by Gasteiger charge is 2.34. The van der Waals surface area contributed by atoms with E-state index in [-0.39, 0.29) is 5.75 Å². The summed E-state index contributed by atoms with van der Waals surface area (Å²) in [6.07, 6.45) is 11.9. The Morgan fingerprint density at radius 3 is 2.29 bits per heavy atom. The van der Waals surface area contributed by atoms with Crippen molar-refractivity contribution in [1.29, 1.82) is 0 Å². The maximum atomic E-state index is 11.3. The van der Waals surface area contributed by atoms with Gasteiger partial charge in [-0.3, -0.25) is 0 Å². The van der Waals surface area contributed by atoms with Crippen molar-refractivity contribution in [2.75, 3.05) is 38.7 Å². The highest BCUT2D eigenvalue weighted by molar-refractivity contribution is 7.90. The largest absolute Gasteiger partial charge is 0.313 e. The molecule has 0 unspecified atom stereocenters. The molecule has 0 atom stereocenters. The number of nitrogens with zero attached hydrogens (tertiary/aromatic N) is 1. The van der Waals surface area contributed by atoms with Gasteiger partial charge < -0.3 is 10.2 Å². The highest BCUT2D eigenvalue weighted by atomic mass is 32.2. The van der Waals surface area contributed by atoms with Crippen LogP contribution in [0.4, 0.5) is 0 Å². The minimum absolute atomic E-state index is 0.273. The Morgan fingerprint density at radius 2 is 1.76 bits per heavy atom. The Balaban J connectivity index is 1.89. The Labute approximate surface area is 130 Å². The van der Waals surface area contributed by atoms with Gasteiger partial charge >= 0.3 is 0 Å². The third-order valence-electron chi connectivity index (χ3n) is 4.96. The van der Waals surface area contributed by atoms with E-state index in [2.05, 4.69) is 17.3 Å². The number of sulfone groups is 1. The van der Waals surface area contributed by atoms with E-state index in [9.17, 15) is 8.42 Å². The molecule has 0 amide bonds. The Hall–Kier alpha value is -0.130. The van der Waals surface area contributed by atoms with Gasteiger partial charge in [0, 0.05) is 31.9 Å². The quantitative estimate of drug-likeness (QED) is 0.696. The van der Waals surface area contributed by atoms with Crippen molar-refractivity contribution in [2.24, 2.45) is 5.41 Å². The van der Waals surface area contributed by atoms with Crippen molar-refractivity contribution in [3.8, 4) is 0 Å². The molecule has 0 aliphatic heterocycles. The van der Waals surface area contributed by atoms with Crippen LogP contribution in [0.25, 0.3) is 0 Å². The maximum Gasteiger partial charge on any atom is 0.148 e. The first-order valence-electron chi connectivity index (χ1n) is 8.48. The summed E-state index contributed by atoms with van der Waals surface area (Å²) in [6.45, 7) is 2.80. The molecule has 2 rings (SSSR count). The number of nitrogens with one attached hydrogen (secondary N) is 1. The molecule has 2 saturated carbocycles. The molecule has 0 heterocycles. The molecule has 0 aromatic rings. The van der Waals surface area contributed by atoms with Crippen LogP contribution in [0.2, 0.25) is 0 Å². The van der Waals surface area contributed by atoms with Gasteiger partial charge in [-0.1, -0.05) is 25.7 Å². The van der Waals surface area contributed by atoms with Crippen LogP contribution in [0, 0.1) is 5.41 Å². The van der Waals surface area contributed by atoms with Crippen LogP contribution < -0.4 is 5.32 Å². The summed E-state index contributed by atoms with van der Waals surface area (Å²) in [5.41, 5.74) is 0.353. The minimum Gasteiger partial charge on any atom is -0.313 e. The van der Waals surface area contributed by atoms with Crippen LogP contribution in [0.5, 0.6) is 0 Å². The molecule has 0 aromatic carbocycles. The van der Waals surface area contributed by atoms with Crippen molar-refractivity contribution in [2.45, 2.75) is 57.4 Å². The Kier molecular flexibility index (Phi) is 6.09. The number of hydrogen-bond acceptors (Lipinski definition) is 4. The highest BCUT2D eigenvalue weighted by Crippen LogP contribution is 2.36. The van der Waals surface area contributed by atoms with Gasteiger partial charge in [0.2, 0.25) is 0 Å². The fourth-order valence-electron chi connectivity index (χ4n) is 3.49. The van der Waals surface area contributed by atoms with Crippen LogP contribution in [0.1, 0.15) is 51.4 Å². The lowest BCUT2D eigenvalue weighted by atomic mass is 9.79. The van der Waals surface area contributed by atoms with E-state index < -0.39 is 9.84 Å². The van der Waals surface area contributed by atoms with Gasteiger partial charge in [0.25, 0.3) is 0 Å². The second-order valence-corrected chi connectivity index (χ2v) is 9.70. The molecule has 2 fully saturated rings. The standard InChI is InChI=1S/C16H32N2O2S/c1-18(11-12-21(2,19)20)14-16(13-17-15-7-8-15)9-5-3-4-6-10-16/h15,17H,3-14H2,1-2H3. The SMILES string of the molecule is CN(CCS(C)(=O)=O)CC1(CNC2CC2)CCCCCC1. The minimum atomic E-state index is -2.86. The number of rotatable bonds is 8. The monoisotopic (exact) mass is 316 g/mol. The Bertz CT molecular complexity index is 410. The molecule has 124 valence electrons. The molecule has 4 nitrogen and oxygen atoms in total. The zero-order valence-electron chi connectivity index (χ0n) is 13.7. The van der Waals surface area contributed by atoms with Gasteiger partial charge in [-0.05, 0) is 38.1 Å². The molecule has 0 bridgehead atoms. The Morgan fingerprint density at radius 1 is 1.14 bits per heavy atom. The van der Waals surface area contributed by atoms with Gasteiger partial charge in [-0.2, -0.15) is 0 Å². The maximum absolute atomic E-state index is 11.3. The van der Waals surface area contributed by atoms with Gasteiger partial charge in [-0.25, -0.2) is 8.42 Å². The second kappa shape index (κ2) is 7.42. The van der Waals surface area contributed by atoms with E-state index >= 15 is 0 Å².